The van der Waals surface area contributed by atoms with Gasteiger partial charge in [-0.3, -0.25) is 4.79 Å². The molecule has 1 amide bonds. The molecule has 0 bridgehead atoms. The highest BCUT2D eigenvalue weighted by atomic mass is 32.1. The number of carbonyl (C=O) groups excluding carboxylic acids is 2. The van der Waals surface area contributed by atoms with E-state index in [9.17, 15) is 9.59 Å². The van der Waals surface area contributed by atoms with Crippen molar-refractivity contribution < 1.29 is 14.3 Å². The van der Waals surface area contributed by atoms with Gasteiger partial charge < -0.3 is 26.0 Å². The first-order valence-electron chi connectivity index (χ1n) is 6.58. The highest BCUT2D eigenvalue weighted by Gasteiger charge is 2.32. The van der Waals surface area contributed by atoms with E-state index in [1.165, 1.54) is 7.11 Å². The molecule has 1 aliphatic heterocycles. The fraction of sp³-hybridized carbons (Fsp3) is 0.538. The Morgan fingerprint density at radius 3 is 2.57 bits per heavy atom. The van der Waals surface area contributed by atoms with Crippen molar-refractivity contribution in [3.8, 4) is 0 Å². The van der Waals surface area contributed by atoms with E-state index in [0.29, 0.717) is 11.0 Å². The van der Waals surface area contributed by atoms with Gasteiger partial charge in [-0.15, -0.1) is 11.3 Å². The first kappa shape index (κ1) is 15.6. The fourth-order valence-electron chi connectivity index (χ4n) is 2.48. The van der Waals surface area contributed by atoms with E-state index in [1.807, 2.05) is 14.1 Å². The van der Waals surface area contributed by atoms with Crippen LogP contribution in [0.2, 0.25) is 0 Å². The zero-order valence-electron chi connectivity index (χ0n) is 12.4. The number of methoxy groups -OCH3 is 1. The lowest BCUT2D eigenvalue weighted by Gasteiger charge is -2.21. The third-order valence-electron chi connectivity index (χ3n) is 3.72. The second-order valence-electron chi connectivity index (χ2n) is 5.23. The van der Waals surface area contributed by atoms with Crippen LogP contribution >= 0.6 is 11.3 Å². The Balaban J connectivity index is 2.41. The van der Waals surface area contributed by atoms with Crippen molar-refractivity contribution in [2.45, 2.75) is 12.5 Å². The van der Waals surface area contributed by atoms with Crippen LogP contribution in [0.1, 0.15) is 26.5 Å². The molecule has 0 aromatic carbocycles. The van der Waals surface area contributed by atoms with Crippen LogP contribution in [-0.4, -0.2) is 57.1 Å². The molecule has 1 fully saturated rings. The molecule has 1 saturated heterocycles. The number of nitrogens with two attached hydrogens (primary N) is 2. The summed E-state index contributed by atoms with van der Waals surface area (Å²) in [7, 11) is 5.33. The van der Waals surface area contributed by atoms with Gasteiger partial charge in [0.1, 0.15) is 15.4 Å². The number of nitrogen functional groups attached to an aromatic ring is 1. The molecule has 4 N–H and O–H groups in total. The van der Waals surface area contributed by atoms with Crippen LogP contribution in [0.15, 0.2) is 0 Å². The van der Waals surface area contributed by atoms with E-state index in [2.05, 4.69) is 9.80 Å². The first-order valence-corrected chi connectivity index (χ1v) is 7.40. The van der Waals surface area contributed by atoms with E-state index in [1.54, 1.807) is 0 Å². The molecule has 0 saturated carbocycles. The van der Waals surface area contributed by atoms with Gasteiger partial charge in [0.15, 0.2) is 0 Å². The van der Waals surface area contributed by atoms with Crippen LogP contribution in [0.3, 0.4) is 0 Å². The molecule has 21 heavy (non-hydrogen) atoms. The molecule has 1 unspecified atom stereocenters. The molecule has 0 radical (unpaired) electrons. The average molecular weight is 312 g/mol. The molecule has 0 aliphatic carbocycles. The van der Waals surface area contributed by atoms with Gasteiger partial charge in [-0.1, -0.05) is 0 Å². The van der Waals surface area contributed by atoms with Gasteiger partial charge in [0.2, 0.25) is 0 Å². The molecule has 1 aromatic heterocycles. The highest BCUT2D eigenvalue weighted by molar-refractivity contribution is 7.19. The summed E-state index contributed by atoms with van der Waals surface area (Å²) in [6.07, 6.45) is 0.983. The van der Waals surface area contributed by atoms with Crippen LogP contribution in [0, 0.1) is 0 Å². The summed E-state index contributed by atoms with van der Waals surface area (Å²) in [5, 5.41) is 0.664. The highest BCUT2D eigenvalue weighted by Crippen LogP contribution is 2.40. The van der Waals surface area contributed by atoms with Crippen molar-refractivity contribution in [2.24, 2.45) is 5.73 Å². The Morgan fingerprint density at radius 2 is 2.10 bits per heavy atom. The van der Waals surface area contributed by atoms with Gasteiger partial charge >= 0.3 is 5.97 Å². The quantitative estimate of drug-likeness (QED) is 0.778. The summed E-state index contributed by atoms with van der Waals surface area (Å²) in [5.41, 5.74) is 11.6. The van der Waals surface area contributed by atoms with Gasteiger partial charge in [0.25, 0.3) is 5.91 Å². The van der Waals surface area contributed by atoms with Crippen LogP contribution in [-0.2, 0) is 4.74 Å². The predicted octanol–water partition coefficient (Wildman–Crippen LogP) is 0.356. The number of rotatable bonds is 4. The number of amides is 1. The number of hydrogen-bond donors (Lipinski definition) is 2. The van der Waals surface area contributed by atoms with Crippen molar-refractivity contribution in [1.82, 2.24) is 4.90 Å². The van der Waals surface area contributed by atoms with E-state index >= 15 is 0 Å². The van der Waals surface area contributed by atoms with E-state index in [-0.39, 0.29) is 16.1 Å². The summed E-state index contributed by atoms with van der Waals surface area (Å²) in [6, 6.07) is 0.399. The third-order valence-corrected chi connectivity index (χ3v) is 5.00. The maximum Gasteiger partial charge on any atom is 0.343 e. The van der Waals surface area contributed by atoms with E-state index in [0.717, 1.165) is 30.8 Å². The zero-order chi connectivity index (χ0) is 15.7. The zero-order valence-corrected chi connectivity index (χ0v) is 13.2. The van der Waals surface area contributed by atoms with Crippen molar-refractivity contribution in [1.29, 1.82) is 0 Å². The normalized spacial score (nSPS) is 18.3. The van der Waals surface area contributed by atoms with Crippen LogP contribution < -0.4 is 16.4 Å². The Labute approximate surface area is 127 Å². The minimum Gasteiger partial charge on any atom is -0.465 e. The largest absolute Gasteiger partial charge is 0.465 e. The second kappa shape index (κ2) is 5.90. The molecule has 2 heterocycles. The summed E-state index contributed by atoms with van der Waals surface area (Å²) >= 11 is 1.16. The van der Waals surface area contributed by atoms with Gasteiger partial charge in [0, 0.05) is 19.1 Å². The third kappa shape index (κ3) is 2.81. The lowest BCUT2D eigenvalue weighted by molar-refractivity contribution is 0.0603. The number of nitrogens with zero attached hydrogens (tertiary/aromatic N) is 2. The molecular weight excluding hydrogens is 292 g/mol. The van der Waals surface area contributed by atoms with Crippen LogP contribution in [0.5, 0.6) is 0 Å². The summed E-state index contributed by atoms with van der Waals surface area (Å²) in [6.45, 7) is 1.57. The maximum absolute atomic E-state index is 12.0. The van der Waals surface area contributed by atoms with Gasteiger partial charge in [0.05, 0.1) is 12.8 Å². The van der Waals surface area contributed by atoms with Crippen molar-refractivity contribution in [3.63, 3.8) is 0 Å². The number of esters is 1. The van der Waals surface area contributed by atoms with Gasteiger partial charge in [-0.2, -0.15) is 0 Å². The van der Waals surface area contributed by atoms with Crippen molar-refractivity contribution in [2.75, 3.05) is 44.9 Å². The van der Waals surface area contributed by atoms with Crippen molar-refractivity contribution in [3.05, 3.63) is 10.4 Å². The summed E-state index contributed by atoms with van der Waals surface area (Å²) in [4.78, 5) is 27.8. The SMILES string of the molecule is COC(=O)c1c(N2CCC(N(C)C)C2)sc(C(N)=O)c1N. The Hall–Kier alpha value is -1.80. The minimum absolute atomic E-state index is 0.114. The average Bonchev–Trinajstić information content (AvgIpc) is 3.02. The Bertz CT molecular complexity index is 570. The second-order valence-corrected chi connectivity index (χ2v) is 6.23. The Morgan fingerprint density at radius 1 is 1.43 bits per heavy atom. The molecule has 1 aromatic rings. The number of likely N-dealkylation sites (N-methyl/N-ethyl adjacent to an activating group) is 1. The molecule has 7 nitrogen and oxygen atoms in total. The number of primary amides is 1. The number of thiophene rings is 1. The molecule has 1 aliphatic rings. The standard InChI is InChI=1S/C13H20N4O3S/c1-16(2)7-4-5-17(6-7)12-8(13(19)20-3)9(14)10(21-12)11(15)18/h7H,4-6,14H2,1-3H3,(H2,15,18). The number of carbonyl (C=O) groups is 2. The van der Waals surface area contributed by atoms with Gasteiger partial charge in [-0.05, 0) is 20.5 Å². The lowest BCUT2D eigenvalue weighted by Crippen LogP contribution is -2.31. The summed E-state index contributed by atoms with van der Waals surface area (Å²) < 4.78 is 4.78. The predicted molar refractivity (Wildman–Crippen MR) is 82.9 cm³/mol. The molecule has 1 atom stereocenters. The topological polar surface area (TPSA) is 102 Å². The monoisotopic (exact) mass is 312 g/mol. The van der Waals surface area contributed by atoms with Crippen molar-refractivity contribution >= 4 is 33.9 Å². The molecule has 2 rings (SSSR count). The number of anilines is 2. The van der Waals surface area contributed by atoms with Crippen LogP contribution in [0.25, 0.3) is 0 Å². The van der Waals surface area contributed by atoms with Crippen LogP contribution in [0.4, 0.5) is 10.7 Å². The number of ether oxygens (including phenoxy) is 1. The molecule has 0 spiro atoms. The van der Waals surface area contributed by atoms with E-state index in [4.69, 9.17) is 16.2 Å². The minimum atomic E-state index is -0.628. The smallest absolute Gasteiger partial charge is 0.343 e. The summed E-state index contributed by atoms with van der Waals surface area (Å²) in [5.74, 6) is -1.17. The molecule has 8 heteroatoms. The molecule has 116 valence electrons. The maximum atomic E-state index is 12.0. The lowest BCUT2D eigenvalue weighted by atomic mass is 10.2. The Kier molecular flexibility index (Phi) is 4.38. The number of hydrogen-bond acceptors (Lipinski definition) is 7. The fourth-order valence-corrected chi connectivity index (χ4v) is 3.58. The first-order chi connectivity index (χ1) is 9.86. The van der Waals surface area contributed by atoms with Gasteiger partial charge in [-0.25, -0.2) is 4.79 Å². The molecular formula is C13H20N4O3S. The van der Waals surface area contributed by atoms with E-state index < -0.39 is 11.9 Å².